The number of anilines is 1. The number of aromatic nitrogens is 4. The molecule has 0 aliphatic rings. The molecule has 2 rings (SSSR count). The summed E-state index contributed by atoms with van der Waals surface area (Å²) < 4.78 is 25.7. The monoisotopic (exact) mass is 227 g/mol. The van der Waals surface area contributed by atoms with Crippen LogP contribution in [-0.4, -0.2) is 28.6 Å². The fourth-order valence-corrected chi connectivity index (χ4v) is 2.02. The van der Waals surface area contributed by atoms with Crippen molar-refractivity contribution < 1.29 is 8.42 Å². The zero-order chi connectivity index (χ0) is 10.9. The Morgan fingerprint density at radius 2 is 2.20 bits per heavy atom. The van der Waals surface area contributed by atoms with Gasteiger partial charge in [0.15, 0.2) is 5.03 Å². The largest absolute Gasteiger partial charge is 0.334 e. The molecule has 0 aromatic carbocycles. The van der Waals surface area contributed by atoms with Crippen LogP contribution >= 0.6 is 0 Å². The van der Waals surface area contributed by atoms with Gasteiger partial charge in [0.25, 0.3) is 10.0 Å². The molecule has 2 aromatic heterocycles. The van der Waals surface area contributed by atoms with Gasteiger partial charge in [-0.15, -0.1) is 0 Å². The number of rotatable bonds is 3. The van der Waals surface area contributed by atoms with E-state index in [0.29, 0.717) is 5.82 Å². The van der Waals surface area contributed by atoms with Gasteiger partial charge in [-0.3, -0.25) is 9.82 Å². The van der Waals surface area contributed by atoms with Crippen LogP contribution < -0.4 is 4.72 Å². The zero-order valence-corrected chi connectivity index (χ0v) is 8.67. The Morgan fingerprint density at radius 3 is 2.73 bits per heavy atom. The smallest absolute Gasteiger partial charge is 0.280 e. The van der Waals surface area contributed by atoms with Crippen LogP contribution in [0.25, 0.3) is 0 Å². The lowest BCUT2D eigenvalue weighted by Crippen LogP contribution is -2.14. The van der Waals surface area contributed by atoms with Crippen molar-refractivity contribution in [2.75, 3.05) is 4.72 Å². The zero-order valence-electron chi connectivity index (χ0n) is 7.85. The summed E-state index contributed by atoms with van der Waals surface area (Å²) in [5.74, 6) is 0.351. The predicted octanol–water partition coefficient (Wildman–Crippen LogP) is 0.242. The minimum atomic E-state index is -3.60. The first-order chi connectivity index (χ1) is 7.09. The fourth-order valence-electron chi connectivity index (χ4n) is 1.03. The molecule has 7 nitrogen and oxygen atoms in total. The number of imidazole rings is 1. The van der Waals surface area contributed by atoms with E-state index in [9.17, 15) is 8.42 Å². The minimum Gasteiger partial charge on any atom is -0.334 e. The van der Waals surface area contributed by atoms with Gasteiger partial charge in [-0.25, -0.2) is 4.98 Å². The van der Waals surface area contributed by atoms with Gasteiger partial charge in [0.2, 0.25) is 0 Å². The SMILES string of the molecule is Cc1cn[nH]c1NS(=O)(=O)c1cnc[nH]1. The Labute approximate surface area is 86.0 Å². The molecule has 80 valence electrons. The molecule has 0 bridgehead atoms. The topological polar surface area (TPSA) is 104 Å². The Morgan fingerprint density at radius 1 is 1.40 bits per heavy atom. The maximum atomic E-state index is 11.7. The molecule has 0 atom stereocenters. The standard InChI is InChI=1S/C7H9N5O2S/c1-5-2-10-11-7(5)12-15(13,14)6-3-8-4-9-6/h2-4H,1H3,(H,8,9)(H2,10,11,12). The lowest BCUT2D eigenvalue weighted by atomic mass is 10.4. The Balaban J connectivity index is 2.31. The minimum absolute atomic E-state index is 0.0106. The van der Waals surface area contributed by atoms with Crippen LogP contribution in [0.1, 0.15) is 5.56 Å². The van der Waals surface area contributed by atoms with Gasteiger partial charge in [-0.05, 0) is 6.92 Å². The van der Waals surface area contributed by atoms with E-state index in [2.05, 4.69) is 24.9 Å². The quantitative estimate of drug-likeness (QED) is 0.698. The third kappa shape index (κ3) is 1.84. The van der Waals surface area contributed by atoms with E-state index >= 15 is 0 Å². The third-order valence-electron chi connectivity index (χ3n) is 1.83. The molecule has 0 radical (unpaired) electrons. The summed E-state index contributed by atoms with van der Waals surface area (Å²) >= 11 is 0. The maximum absolute atomic E-state index is 11.7. The second-order valence-electron chi connectivity index (χ2n) is 2.95. The molecule has 2 heterocycles. The molecule has 15 heavy (non-hydrogen) atoms. The summed E-state index contributed by atoms with van der Waals surface area (Å²) in [6, 6.07) is 0. The van der Waals surface area contributed by atoms with Gasteiger partial charge in [0.1, 0.15) is 5.82 Å². The van der Waals surface area contributed by atoms with E-state index in [1.54, 1.807) is 6.92 Å². The van der Waals surface area contributed by atoms with Crippen molar-refractivity contribution >= 4 is 15.8 Å². The van der Waals surface area contributed by atoms with Crippen molar-refractivity contribution in [1.29, 1.82) is 0 Å². The van der Waals surface area contributed by atoms with E-state index in [1.165, 1.54) is 18.7 Å². The Kier molecular flexibility index (Phi) is 2.19. The van der Waals surface area contributed by atoms with E-state index in [4.69, 9.17) is 0 Å². The van der Waals surface area contributed by atoms with Gasteiger partial charge < -0.3 is 4.98 Å². The highest BCUT2D eigenvalue weighted by molar-refractivity contribution is 7.92. The first-order valence-electron chi connectivity index (χ1n) is 4.11. The lowest BCUT2D eigenvalue weighted by Gasteiger charge is -2.03. The molecule has 0 fully saturated rings. The summed E-state index contributed by atoms with van der Waals surface area (Å²) in [7, 11) is -3.60. The summed E-state index contributed by atoms with van der Waals surface area (Å²) in [6.45, 7) is 1.74. The second-order valence-corrected chi connectivity index (χ2v) is 4.60. The highest BCUT2D eigenvalue weighted by Gasteiger charge is 2.17. The molecule has 0 aliphatic carbocycles. The number of nitrogens with zero attached hydrogens (tertiary/aromatic N) is 2. The van der Waals surface area contributed by atoms with Gasteiger partial charge >= 0.3 is 0 Å². The first-order valence-corrected chi connectivity index (χ1v) is 5.59. The number of H-pyrrole nitrogens is 2. The first kappa shape index (κ1) is 9.71. The van der Waals surface area contributed by atoms with Gasteiger partial charge in [-0.2, -0.15) is 13.5 Å². The molecule has 3 N–H and O–H groups in total. The summed E-state index contributed by atoms with van der Waals surface area (Å²) in [5, 5.41) is 6.27. The van der Waals surface area contributed by atoms with Crippen LogP contribution in [0, 0.1) is 6.92 Å². The number of sulfonamides is 1. The van der Waals surface area contributed by atoms with Crippen LogP contribution in [0.4, 0.5) is 5.82 Å². The highest BCUT2D eigenvalue weighted by atomic mass is 32.2. The summed E-state index contributed by atoms with van der Waals surface area (Å²) in [4.78, 5) is 6.15. The third-order valence-corrected chi connectivity index (χ3v) is 3.10. The number of hydrogen-bond acceptors (Lipinski definition) is 4. The van der Waals surface area contributed by atoms with Crippen LogP contribution in [0.15, 0.2) is 23.7 Å². The molecular formula is C7H9N5O2S. The molecule has 0 saturated heterocycles. The van der Waals surface area contributed by atoms with Crippen LogP contribution in [0.5, 0.6) is 0 Å². The van der Waals surface area contributed by atoms with Crippen molar-refractivity contribution in [3.63, 3.8) is 0 Å². The Hall–Kier alpha value is -1.83. The van der Waals surface area contributed by atoms with Crippen molar-refractivity contribution in [3.05, 3.63) is 24.3 Å². The molecule has 0 amide bonds. The van der Waals surface area contributed by atoms with E-state index in [1.807, 2.05) is 0 Å². The van der Waals surface area contributed by atoms with E-state index < -0.39 is 10.0 Å². The normalized spacial score (nSPS) is 11.5. The van der Waals surface area contributed by atoms with Crippen LogP contribution in [-0.2, 0) is 10.0 Å². The number of aromatic amines is 2. The molecular weight excluding hydrogens is 218 g/mol. The lowest BCUT2D eigenvalue weighted by molar-refractivity contribution is 0.598. The molecule has 0 spiro atoms. The molecule has 0 aliphatic heterocycles. The summed E-state index contributed by atoms with van der Waals surface area (Å²) in [5.41, 5.74) is 0.720. The maximum Gasteiger partial charge on any atom is 0.280 e. The number of hydrogen-bond donors (Lipinski definition) is 3. The van der Waals surface area contributed by atoms with Crippen molar-refractivity contribution in [2.24, 2.45) is 0 Å². The van der Waals surface area contributed by atoms with Crippen molar-refractivity contribution in [2.45, 2.75) is 11.9 Å². The van der Waals surface area contributed by atoms with Gasteiger partial charge in [-0.1, -0.05) is 0 Å². The predicted molar refractivity (Wildman–Crippen MR) is 52.7 cm³/mol. The van der Waals surface area contributed by atoms with Gasteiger partial charge in [0.05, 0.1) is 18.7 Å². The fraction of sp³-hybridized carbons (Fsp3) is 0.143. The van der Waals surface area contributed by atoms with Gasteiger partial charge in [0, 0.05) is 5.56 Å². The van der Waals surface area contributed by atoms with Crippen LogP contribution in [0.2, 0.25) is 0 Å². The van der Waals surface area contributed by atoms with E-state index in [0.717, 1.165) is 5.56 Å². The molecule has 2 aromatic rings. The average Bonchev–Trinajstić information content (AvgIpc) is 2.77. The average molecular weight is 227 g/mol. The summed E-state index contributed by atoms with van der Waals surface area (Å²) in [6.07, 6.45) is 4.06. The molecule has 0 unspecified atom stereocenters. The van der Waals surface area contributed by atoms with E-state index in [-0.39, 0.29) is 5.03 Å². The molecule has 0 saturated carbocycles. The highest BCUT2D eigenvalue weighted by Crippen LogP contribution is 2.14. The van der Waals surface area contributed by atoms with Crippen LogP contribution in [0.3, 0.4) is 0 Å². The van der Waals surface area contributed by atoms with Crippen molar-refractivity contribution in [3.8, 4) is 0 Å². The Bertz CT molecular complexity index is 542. The van der Waals surface area contributed by atoms with Crippen molar-refractivity contribution in [1.82, 2.24) is 20.2 Å². The molecule has 8 heteroatoms. The number of aryl methyl sites for hydroxylation is 1. The second kappa shape index (κ2) is 3.39. The number of nitrogens with one attached hydrogen (secondary N) is 3.